The Kier molecular flexibility index (Phi) is 5.60. The van der Waals surface area contributed by atoms with Crippen molar-refractivity contribution in [3.63, 3.8) is 0 Å². The maximum atomic E-state index is 4.58. The lowest BCUT2D eigenvalue weighted by Crippen LogP contribution is -2.13. The van der Waals surface area contributed by atoms with Crippen LogP contribution in [0.4, 0.5) is 0 Å². The summed E-state index contributed by atoms with van der Waals surface area (Å²) in [5.74, 6) is 0.703. The van der Waals surface area contributed by atoms with Crippen LogP contribution >= 0.6 is 0 Å². The predicted molar refractivity (Wildman–Crippen MR) is 85.8 cm³/mol. The van der Waals surface area contributed by atoms with E-state index in [1.807, 2.05) is 12.3 Å². The highest BCUT2D eigenvalue weighted by atomic mass is 15.0. The summed E-state index contributed by atoms with van der Waals surface area (Å²) in [5, 5.41) is 4.79. The van der Waals surface area contributed by atoms with E-state index in [4.69, 9.17) is 0 Å². The van der Waals surface area contributed by atoms with Gasteiger partial charge < -0.3 is 9.88 Å². The summed E-state index contributed by atoms with van der Waals surface area (Å²) in [6.07, 6.45) is 7.87. The Morgan fingerprint density at radius 2 is 2.15 bits per heavy atom. The monoisotopic (exact) mass is 273 g/mol. The van der Waals surface area contributed by atoms with E-state index in [0.717, 1.165) is 25.3 Å². The smallest absolute Gasteiger partial charge is 0.140 e. The average molecular weight is 273 g/mol. The molecular weight excluding hydrogens is 246 g/mol. The Labute approximate surface area is 122 Å². The lowest BCUT2D eigenvalue weighted by molar-refractivity contribution is 0.451. The third-order valence-corrected chi connectivity index (χ3v) is 3.75. The van der Waals surface area contributed by atoms with E-state index in [-0.39, 0.29) is 0 Å². The molecule has 0 aliphatic rings. The van der Waals surface area contributed by atoms with Gasteiger partial charge in [-0.3, -0.25) is 0 Å². The largest absolute Gasteiger partial charge is 0.332 e. The summed E-state index contributed by atoms with van der Waals surface area (Å²) >= 11 is 0. The van der Waals surface area contributed by atoms with E-state index < -0.39 is 0 Å². The van der Waals surface area contributed by atoms with Crippen LogP contribution in [0.2, 0.25) is 0 Å². The van der Waals surface area contributed by atoms with E-state index in [0.29, 0.717) is 5.92 Å². The zero-order chi connectivity index (χ0) is 14.4. The predicted octanol–water partition coefficient (Wildman–Crippen LogP) is 3.97. The molecule has 0 saturated heterocycles. The van der Waals surface area contributed by atoms with Crippen molar-refractivity contribution >= 4 is 11.0 Å². The average Bonchev–Trinajstić information content (AvgIpc) is 2.78. The van der Waals surface area contributed by atoms with Crippen molar-refractivity contribution in [3.8, 4) is 0 Å². The second-order valence-electron chi connectivity index (χ2n) is 5.75. The molecular formula is C17H27N3. The summed E-state index contributed by atoms with van der Waals surface area (Å²) in [6.45, 7) is 9.85. The molecule has 0 radical (unpaired) electrons. The Morgan fingerprint density at radius 3 is 2.90 bits per heavy atom. The van der Waals surface area contributed by atoms with Gasteiger partial charge in [0.25, 0.3) is 0 Å². The fraction of sp³-hybridized carbons (Fsp3) is 0.588. The van der Waals surface area contributed by atoms with Crippen molar-refractivity contribution in [1.29, 1.82) is 0 Å². The van der Waals surface area contributed by atoms with E-state index >= 15 is 0 Å². The third-order valence-electron chi connectivity index (χ3n) is 3.75. The molecule has 0 amide bonds. The van der Waals surface area contributed by atoms with Crippen LogP contribution in [-0.2, 0) is 13.1 Å². The van der Waals surface area contributed by atoms with Crippen LogP contribution in [0.5, 0.6) is 0 Å². The number of hydrogen-bond donors (Lipinski definition) is 1. The van der Waals surface area contributed by atoms with Crippen molar-refractivity contribution in [2.24, 2.45) is 5.92 Å². The first-order chi connectivity index (χ1) is 9.76. The number of hydrogen-bond acceptors (Lipinski definition) is 2. The van der Waals surface area contributed by atoms with E-state index in [2.05, 4.69) is 47.9 Å². The van der Waals surface area contributed by atoms with Gasteiger partial charge in [0.05, 0.1) is 0 Å². The number of rotatable bonds is 8. The molecule has 1 unspecified atom stereocenters. The van der Waals surface area contributed by atoms with Gasteiger partial charge in [-0.2, -0.15) is 0 Å². The van der Waals surface area contributed by atoms with Gasteiger partial charge >= 0.3 is 0 Å². The highest BCUT2D eigenvalue weighted by Gasteiger charge is 2.11. The minimum Gasteiger partial charge on any atom is -0.332 e. The van der Waals surface area contributed by atoms with E-state index in [1.165, 1.54) is 30.2 Å². The van der Waals surface area contributed by atoms with Gasteiger partial charge in [0.15, 0.2) is 0 Å². The SMILES string of the molecule is CCCNCc1cn(CC(C)CCC)c2ncccc12. The summed E-state index contributed by atoms with van der Waals surface area (Å²) in [7, 11) is 0. The molecule has 2 heterocycles. The zero-order valence-electron chi connectivity index (χ0n) is 13.0. The summed E-state index contributed by atoms with van der Waals surface area (Å²) in [6, 6.07) is 4.22. The Bertz CT molecular complexity index is 530. The second-order valence-corrected chi connectivity index (χ2v) is 5.75. The van der Waals surface area contributed by atoms with Gasteiger partial charge in [0.1, 0.15) is 5.65 Å². The Hall–Kier alpha value is -1.35. The van der Waals surface area contributed by atoms with Crippen molar-refractivity contribution < 1.29 is 0 Å². The first-order valence-corrected chi connectivity index (χ1v) is 7.89. The van der Waals surface area contributed by atoms with Crippen molar-refractivity contribution in [2.45, 2.75) is 53.1 Å². The van der Waals surface area contributed by atoms with Crippen LogP contribution in [0.15, 0.2) is 24.5 Å². The highest BCUT2D eigenvalue weighted by molar-refractivity contribution is 5.80. The minimum absolute atomic E-state index is 0.703. The maximum Gasteiger partial charge on any atom is 0.140 e. The molecule has 0 spiro atoms. The number of fused-ring (bicyclic) bond motifs is 1. The van der Waals surface area contributed by atoms with Crippen LogP contribution in [0.25, 0.3) is 11.0 Å². The topological polar surface area (TPSA) is 29.9 Å². The summed E-state index contributed by atoms with van der Waals surface area (Å²) in [4.78, 5) is 4.58. The minimum atomic E-state index is 0.703. The molecule has 0 bridgehead atoms. The lowest BCUT2D eigenvalue weighted by Gasteiger charge is -2.11. The molecule has 2 aromatic rings. The highest BCUT2D eigenvalue weighted by Crippen LogP contribution is 2.21. The molecule has 2 aromatic heterocycles. The number of nitrogens with one attached hydrogen (secondary N) is 1. The second kappa shape index (κ2) is 7.44. The molecule has 0 aliphatic heterocycles. The van der Waals surface area contributed by atoms with Crippen molar-refractivity contribution in [3.05, 3.63) is 30.1 Å². The number of aromatic nitrogens is 2. The fourth-order valence-electron chi connectivity index (χ4n) is 2.80. The summed E-state index contributed by atoms with van der Waals surface area (Å²) in [5.41, 5.74) is 2.49. The normalized spacial score (nSPS) is 12.9. The van der Waals surface area contributed by atoms with Gasteiger partial charge in [0.2, 0.25) is 0 Å². The zero-order valence-corrected chi connectivity index (χ0v) is 13.0. The molecule has 0 aromatic carbocycles. The number of pyridine rings is 1. The first kappa shape index (κ1) is 15.0. The standard InChI is InChI=1S/C17H27N3/c1-4-7-14(3)12-20-13-15(11-18-9-5-2)16-8-6-10-19-17(16)20/h6,8,10,13-14,18H,4-5,7,9,11-12H2,1-3H3. The molecule has 2 rings (SSSR count). The fourth-order valence-corrected chi connectivity index (χ4v) is 2.80. The molecule has 3 nitrogen and oxygen atoms in total. The molecule has 20 heavy (non-hydrogen) atoms. The summed E-state index contributed by atoms with van der Waals surface area (Å²) < 4.78 is 2.33. The lowest BCUT2D eigenvalue weighted by atomic mass is 10.1. The van der Waals surface area contributed by atoms with E-state index in [1.54, 1.807) is 0 Å². The molecule has 0 fully saturated rings. The van der Waals surface area contributed by atoms with E-state index in [9.17, 15) is 0 Å². The molecule has 0 saturated carbocycles. The van der Waals surface area contributed by atoms with Crippen molar-refractivity contribution in [1.82, 2.24) is 14.9 Å². The maximum absolute atomic E-state index is 4.58. The molecule has 1 N–H and O–H groups in total. The molecule has 110 valence electrons. The van der Waals surface area contributed by atoms with Gasteiger partial charge in [-0.05, 0) is 43.0 Å². The van der Waals surface area contributed by atoms with Gasteiger partial charge in [0, 0.05) is 30.9 Å². The van der Waals surface area contributed by atoms with Crippen LogP contribution < -0.4 is 5.32 Å². The quantitative estimate of drug-likeness (QED) is 0.737. The number of nitrogens with zero attached hydrogens (tertiary/aromatic N) is 2. The first-order valence-electron chi connectivity index (χ1n) is 7.89. The van der Waals surface area contributed by atoms with Gasteiger partial charge in [-0.1, -0.05) is 27.2 Å². The van der Waals surface area contributed by atoms with Crippen LogP contribution in [0.3, 0.4) is 0 Å². The van der Waals surface area contributed by atoms with Crippen LogP contribution in [0, 0.1) is 5.92 Å². The molecule has 1 atom stereocenters. The Morgan fingerprint density at radius 1 is 1.30 bits per heavy atom. The van der Waals surface area contributed by atoms with Crippen LogP contribution in [-0.4, -0.2) is 16.1 Å². The van der Waals surface area contributed by atoms with Gasteiger partial charge in [-0.25, -0.2) is 4.98 Å². The third kappa shape index (κ3) is 3.60. The van der Waals surface area contributed by atoms with Crippen molar-refractivity contribution in [2.75, 3.05) is 6.54 Å². The van der Waals surface area contributed by atoms with Gasteiger partial charge in [-0.15, -0.1) is 0 Å². The molecule has 3 heteroatoms. The van der Waals surface area contributed by atoms with Crippen LogP contribution in [0.1, 0.15) is 45.6 Å². The Balaban J connectivity index is 2.21. The molecule has 0 aliphatic carbocycles.